The van der Waals surface area contributed by atoms with Crippen molar-refractivity contribution in [2.45, 2.75) is 58.2 Å². The number of cyclic esters (lactones) is 1. The average Bonchev–Trinajstić information content (AvgIpc) is 2.89. The number of esters is 1. The first-order valence-corrected chi connectivity index (χ1v) is 9.26. The minimum absolute atomic E-state index is 0.0280. The molecule has 0 radical (unpaired) electrons. The lowest BCUT2D eigenvalue weighted by atomic mass is 9.46. The summed E-state index contributed by atoms with van der Waals surface area (Å²) in [6, 6.07) is 0. The predicted molar refractivity (Wildman–Crippen MR) is 93.6 cm³/mol. The minimum Gasteiger partial charge on any atom is -0.459 e. The molecule has 140 valence electrons. The molecule has 0 bridgehead atoms. The molecule has 0 aromatic rings. The van der Waals surface area contributed by atoms with Crippen LogP contribution < -0.4 is 0 Å². The second kappa shape index (κ2) is 6.53. The molecule has 3 N–H and O–H groups in total. The van der Waals surface area contributed by atoms with Gasteiger partial charge in [-0.2, -0.15) is 0 Å². The first kappa shape index (κ1) is 18.6. The smallest absolute Gasteiger partial charge is 0.336 e. The lowest BCUT2D eigenvalue weighted by Crippen LogP contribution is -2.57. The lowest BCUT2D eigenvalue weighted by Gasteiger charge is -2.59. The van der Waals surface area contributed by atoms with Gasteiger partial charge >= 0.3 is 5.97 Å². The van der Waals surface area contributed by atoms with Crippen LogP contribution in [-0.2, 0) is 9.53 Å². The highest BCUT2D eigenvalue weighted by molar-refractivity contribution is 5.91. The molecule has 3 unspecified atom stereocenters. The third-order valence-corrected chi connectivity index (χ3v) is 7.23. The Hall–Kier alpha value is -1.17. The zero-order valence-corrected chi connectivity index (χ0v) is 15.2. The van der Waals surface area contributed by atoms with E-state index in [1.165, 1.54) is 0 Å². The van der Waals surface area contributed by atoms with Crippen molar-refractivity contribution in [1.29, 1.82) is 0 Å². The van der Waals surface area contributed by atoms with Crippen molar-refractivity contribution >= 4 is 5.97 Å². The second-order valence-corrected chi connectivity index (χ2v) is 8.54. The van der Waals surface area contributed by atoms with Crippen LogP contribution in [0.1, 0.15) is 46.0 Å². The Balaban J connectivity index is 1.89. The molecule has 5 nitrogen and oxygen atoms in total. The molecule has 25 heavy (non-hydrogen) atoms. The zero-order valence-electron chi connectivity index (χ0n) is 15.2. The van der Waals surface area contributed by atoms with Crippen molar-refractivity contribution in [1.82, 2.24) is 0 Å². The molecule has 2 aliphatic carbocycles. The molecule has 1 saturated heterocycles. The average molecular weight is 350 g/mol. The number of rotatable bonds is 3. The summed E-state index contributed by atoms with van der Waals surface area (Å²) in [6.45, 7) is 8.50. The maximum atomic E-state index is 11.8. The van der Waals surface area contributed by atoms with Gasteiger partial charge in [0, 0.05) is 5.41 Å². The fourth-order valence-corrected chi connectivity index (χ4v) is 5.56. The van der Waals surface area contributed by atoms with Crippen molar-refractivity contribution in [3.05, 3.63) is 23.8 Å². The van der Waals surface area contributed by atoms with E-state index < -0.39 is 23.6 Å². The van der Waals surface area contributed by atoms with Crippen molar-refractivity contribution < 1.29 is 24.9 Å². The predicted octanol–water partition coefficient (Wildman–Crippen LogP) is 1.96. The maximum Gasteiger partial charge on any atom is 0.336 e. The van der Waals surface area contributed by atoms with E-state index in [0.29, 0.717) is 18.4 Å². The summed E-state index contributed by atoms with van der Waals surface area (Å²) in [5.74, 6) is -0.0734. The highest BCUT2D eigenvalue weighted by Crippen LogP contribution is 2.61. The number of aliphatic hydroxyl groups is 3. The Kier molecular flexibility index (Phi) is 4.86. The molecule has 1 aliphatic heterocycles. The van der Waals surface area contributed by atoms with Gasteiger partial charge in [-0.05, 0) is 49.4 Å². The number of hydrogen-bond acceptors (Lipinski definition) is 5. The molecule has 0 amide bonds. The van der Waals surface area contributed by atoms with Gasteiger partial charge in [0.15, 0.2) is 0 Å². The molecule has 3 aliphatic rings. The Morgan fingerprint density at radius 2 is 2.04 bits per heavy atom. The van der Waals surface area contributed by atoms with E-state index in [1.807, 2.05) is 13.0 Å². The highest BCUT2D eigenvalue weighted by Gasteiger charge is 2.57. The van der Waals surface area contributed by atoms with E-state index in [2.05, 4.69) is 13.5 Å². The summed E-state index contributed by atoms with van der Waals surface area (Å²) < 4.78 is 4.90. The van der Waals surface area contributed by atoms with E-state index in [4.69, 9.17) is 4.74 Å². The van der Waals surface area contributed by atoms with Crippen molar-refractivity contribution in [2.24, 2.45) is 22.7 Å². The van der Waals surface area contributed by atoms with Crippen LogP contribution in [-0.4, -0.2) is 46.7 Å². The van der Waals surface area contributed by atoms with E-state index in [-0.39, 0.29) is 30.5 Å². The molecule has 0 spiro atoms. The molecule has 5 heteroatoms. The number of ether oxygens (including phenoxy) is 1. The molecule has 2 saturated carbocycles. The number of fused-ring (bicyclic) bond motifs is 1. The molecule has 1 heterocycles. The first-order valence-electron chi connectivity index (χ1n) is 9.26. The topological polar surface area (TPSA) is 87.0 Å². The van der Waals surface area contributed by atoms with Gasteiger partial charge in [0.05, 0.1) is 18.3 Å². The summed E-state index contributed by atoms with van der Waals surface area (Å²) in [4.78, 5) is 11.8. The fourth-order valence-electron chi connectivity index (χ4n) is 5.56. The summed E-state index contributed by atoms with van der Waals surface area (Å²) >= 11 is 0. The van der Waals surface area contributed by atoms with Gasteiger partial charge in [-0.1, -0.05) is 32.1 Å². The maximum absolute atomic E-state index is 11.8. The van der Waals surface area contributed by atoms with Crippen LogP contribution in [0.5, 0.6) is 0 Å². The lowest BCUT2D eigenvalue weighted by molar-refractivity contribution is -0.151. The Bertz CT molecular complexity index is 597. The van der Waals surface area contributed by atoms with Crippen LogP contribution in [0.3, 0.4) is 0 Å². The second-order valence-electron chi connectivity index (χ2n) is 8.54. The SMILES string of the molecule is C=C1CCC2[C@](C)(CO)C(O)CC[C@]2(C)[C@H]1C/C=C1/C(=O)OCC1O. The zero-order chi connectivity index (χ0) is 18.4. The van der Waals surface area contributed by atoms with Gasteiger partial charge in [0.2, 0.25) is 0 Å². The Labute approximate surface area is 149 Å². The number of hydrogen-bond donors (Lipinski definition) is 3. The van der Waals surface area contributed by atoms with Crippen LogP contribution in [0.25, 0.3) is 0 Å². The van der Waals surface area contributed by atoms with Crippen molar-refractivity contribution in [3.8, 4) is 0 Å². The highest BCUT2D eigenvalue weighted by atomic mass is 16.6. The number of carbonyl (C=O) groups excluding carboxylic acids is 1. The quantitative estimate of drug-likeness (QED) is 0.411. The monoisotopic (exact) mass is 350 g/mol. The molecular weight excluding hydrogens is 320 g/mol. The summed E-state index contributed by atoms with van der Waals surface area (Å²) in [6.07, 6.45) is 4.42. The Morgan fingerprint density at radius 3 is 2.64 bits per heavy atom. The fraction of sp³-hybridized carbons (Fsp3) is 0.750. The van der Waals surface area contributed by atoms with Crippen molar-refractivity contribution in [2.75, 3.05) is 13.2 Å². The first-order chi connectivity index (χ1) is 11.7. The van der Waals surface area contributed by atoms with Gasteiger partial charge in [-0.3, -0.25) is 0 Å². The summed E-state index contributed by atoms with van der Waals surface area (Å²) in [7, 11) is 0. The molecule has 0 aromatic heterocycles. The molecule has 0 aromatic carbocycles. The molecule has 6 atom stereocenters. The van der Waals surface area contributed by atoms with Crippen LogP contribution in [0.2, 0.25) is 0 Å². The number of allylic oxidation sites excluding steroid dienone is 2. The largest absolute Gasteiger partial charge is 0.459 e. The van der Waals surface area contributed by atoms with Crippen LogP contribution in [0, 0.1) is 22.7 Å². The van der Waals surface area contributed by atoms with Crippen LogP contribution >= 0.6 is 0 Å². The standard InChI is InChI=1S/C20H30O5/c1-12-4-7-16-19(2,9-8-17(23)20(16,3)11-21)14(12)6-5-13-15(22)10-25-18(13)24/h5,14-17,21-23H,1,4,6-11H2,2-3H3/b13-5+/t14-,15?,16?,17?,19+,20-/m0/s1. The number of aliphatic hydroxyl groups excluding tert-OH is 3. The van der Waals surface area contributed by atoms with E-state index in [1.54, 1.807) is 0 Å². The molecule has 3 rings (SSSR count). The van der Waals surface area contributed by atoms with Gasteiger partial charge in [-0.25, -0.2) is 4.79 Å². The van der Waals surface area contributed by atoms with Gasteiger partial charge in [-0.15, -0.1) is 0 Å². The van der Waals surface area contributed by atoms with Crippen molar-refractivity contribution in [3.63, 3.8) is 0 Å². The normalized spacial score (nSPS) is 46.2. The third kappa shape index (κ3) is 2.86. The van der Waals surface area contributed by atoms with Crippen LogP contribution in [0.4, 0.5) is 0 Å². The van der Waals surface area contributed by atoms with E-state index in [0.717, 1.165) is 24.8 Å². The van der Waals surface area contributed by atoms with E-state index in [9.17, 15) is 20.1 Å². The summed E-state index contributed by atoms with van der Waals surface area (Å²) in [5, 5.41) is 30.4. The van der Waals surface area contributed by atoms with Gasteiger partial charge < -0.3 is 20.1 Å². The van der Waals surface area contributed by atoms with Crippen LogP contribution in [0.15, 0.2) is 23.8 Å². The summed E-state index contributed by atoms with van der Waals surface area (Å²) in [5.41, 5.74) is 0.911. The third-order valence-electron chi connectivity index (χ3n) is 7.23. The minimum atomic E-state index is -0.844. The molecule has 3 fully saturated rings. The number of carbonyl (C=O) groups is 1. The Morgan fingerprint density at radius 1 is 1.32 bits per heavy atom. The molecular formula is C20H30O5. The van der Waals surface area contributed by atoms with E-state index >= 15 is 0 Å². The van der Waals surface area contributed by atoms with Gasteiger partial charge in [0.25, 0.3) is 0 Å². The van der Waals surface area contributed by atoms with Gasteiger partial charge in [0.1, 0.15) is 12.7 Å².